The van der Waals surface area contributed by atoms with Crippen LogP contribution in [0.3, 0.4) is 0 Å². The van der Waals surface area contributed by atoms with Crippen molar-refractivity contribution in [1.29, 1.82) is 0 Å². The number of carboxylic acids is 1. The third-order valence-corrected chi connectivity index (χ3v) is 6.50. The Morgan fingerprint density at radius 2 is 1.70 bits per heavy atom. The van der Waals surface area contributed by atoms with Crippen molar-refractivity contribution in [2.24, 2.45) is 17.8 Å². The summed E-state index contributed by atoms with van der Waals surface area (Å²) in [5.74, 6) is 0.860. The molecular formula is C28H36N2O7. The van der Waals surface area contributed by atoms with Gasteiger partial charge in [0.05, 0.1) is 29.6 Å². The highest BCUT2D eigenvalue weighted by Gasteiger charge is 2.31. The van der Waals surface area contributed by atoms with Crippen molar-refractivity contribution in [2.75, 3.05) is 23.8 Å². The Morgan fingerprint density at radius 3 is 2.35 bits per heavy atom. The summed E-state index contributed by atoms with van der Waals surface area (Å²) in [5.41, 5.74) is 0.798. The zero-order valence-electron chi connectivity index (χ0n) is 21.8. The number of benzene rings is 2. The van der Waals surface area contributed by atoms with Gasteiger partial charge in [0.2, 0.25) is 5.91 Å². The first-order valence-electron chi connectivity index (χ1n) is 12.7. The summed E-state index contributed by atoms with van der Waals surface area (Å²) in [5, 5.41) is 14.5. The maximum Gasteiger partial charge on any atom is 0.411 e. The highest BCUT2D eigenvalue weighted by atomic mass is 16.5. The van der Waals surface area contributed by atoms with Crippen molar-refractivity contribution in [1.82, 2.24) is 0 Å². The second kappa shape index (κ2) is 13.1. The van der Waals surface area contributed by atoms with Crippen LogP contribution in [0.2, 0.25) is 0 Å². The fraction of sp³-hybridized carbons (Fsp3) is 0.464. The molecule has 1 aliphatic carbocycles. The Kier molecular flexibility index (Phi) is 9.91. The third kappa shape index (κ3) is 8.21. The number of ether oxygens (including phenoxy) is 3. The molecule has 0 spiro atoms. The van der Waals surface area contributed by atoms with E-state index < -0.39 is 12.1 Å². The van der Waals surface area contributed by atoms with Gasteiger partial charge in [-0.05, 0) is 73.9 Å². The first-order chi connectivity index (χ1) is 17.7. The van der Waals surface area contributed by atoms with E-state index in [0.29, 0.717) is 40.6 Å². The van der Waals surface area contributed by atoms with Crippen molar-refractivity contribution >= 4 is 29.3 Å². The highest BCUT2D eigenvalue weighted by Crippen LogP contribution is 2.35. The van der Waals surface area contributed by atoms with Crippen molar-refractivity contribution in [3.8, 4) is 11.5 Å². The van der Waals surface area contributed by atoms with Crippen molar-refractivity contribution in [3.63, 3.8) is 0 Å². The summed E-state index contributed by atoms with van der Waals surface area (Å²) in [4.78, 5) is 36.0. The van der Waals surface area contributed by atoms with Gasteiger partial charge in [0.1, 0.15) is 18.1 Å². The van der Waals surface area contributed by atoms with Crippen LogP contribution in [0.15, 0.2) is 42.5 Å². The molecule has 200 valence electrons. The van der Waals surface area contributed by atoms with Crippen molar-refractivity contribution in [3.05, 3.63) is 48.0 Å². The Balaban J connectivity index is 1.73. The first kappa shape index (κ1) is 28.0. The lowest BCUT2D eigenvalue weighted by molar-refractivity contribution is -0.126. The van der Waals surface area contributed by atoms with E-state index in [1.165, 1.54) is 30.7 Å². The van der Waals surface area contributed by atoms with E-state index in [1.807, 2.05) is 0 Å². The molecule has 0 radical (unpaired) electrons. The van der Waals surface area contributed by atoms with Crippen LogP contribution in [-0.4, -0.2) is 42.4 Å². The van der Waals surface area contributed by atoms with Gasteiger partial charge in [-0.1, -0.05) is 27.2 Å². The van der Waals surface area contributed by atoms with Crippen LogP contribution in [0.25, 0.3) is 0 Å². The molecule has 2 aromatic rings. The predicted molar refractivity (Wildman–Crippen MR) is 140 cm³/mol. The molecule has 1 aliphatic rings. The molecule has 1 saturated carbocycles. The van der Waals surface area contributed by atoms with Crippen LogP contribution < -0.4 is 15.4 Å². The van der Waals surface area contributed by atoms with Crippen molar-refractivity contribution in [2.45, 2.75) is 53.1 Å². The standard InChI is InChI=1S/C28H36N2O7/c1-5-35-28(34)30-23-13-11-21(37-20-9-7-19(8-10-20)27(32)33)15-24(23)29-26(31)16-36-25-14-18(4)6-12-22(25)17(2)3/h7-11,13,15,17-18,22,25H,5-6,12,14,16H2,1-4H3,(H,29,31)(H,30,34)(H,32,33). The molecule has 3 rings (SSSR count). The summed E-state index contributed by atoms with van der Waals surface area (Å²) in [7, 11) is 0. The van der Waals surface area contributed by atoms with Crippen LogP contribution in [0.5, 0.6) is 11.5 Å². The van der Waals surface area contributed by atoms with Crippen molar-refractivity contribution < 1.29 is 33.7 Å². The molecule has 1 fully saturated rings. The lowest BCUT2D eigenvalue weighted by Crippen LogP contribution is -2.36. The summed E-state index contributed by atoms with van der Waals surface area (Å²) in [6.07, 6.45) is 2.56. The number of rotatable bonds is 10. The topological polar surface area (TPSA) is 123 Å². The van der Waals surface area contributed by atoms with E-state index >= 15 is 0 Å². The van der Waals surface area contributed by atoms with Gasteiger partial charge >= 0.3 is 12.1 Å². The van der Waals surface area contributed by atoms with Gasteiger partial charge < -0.3 is 24.6 Å². The molecule has 3 unspecified atom stereocenters. The van der Waals surface area contributed by atoms with E-state index in [2.05, 4.69) is 31.4 Å². The number of hydrogen-bond acceptors (Lipinski definition) is 6. The van der Waals surface area contributed by atoms with Gasteiger partial charge in [-0.15, -0.1) is 0 Å². The summed E-state index contributed by atoms with van der Waals surface area (Å²) in [6, 6.07) is 10.7. The molecule has 0 bridgehead atoms. The molecule has 9 nitrogen and oxygen atoms in total. The molecule has 37 heavy (non-hydrogen) atoms. The average molecular weight is 513 g/mol. The molecule has 2 aromatic carbocycles. The number of amides is 2. The summed E-state index contributed by atoms with van der Waals surface area (Å²) < 4.78 is 16.9. The molecular weight excluding hydrogens is 476 g/mol. The lowest BCUT2D eigenvalue weighted by Gasteiger charge is -2.37. The van der Waals surface area contributed by atoms with Gasteiger partial charge in [0.25, 0.3) is 0 Å². The van der Waals surface area contributed by atoms with Gasteiger partial charge in [-0.3, -0.25) is 10.1 Å². The molecule has 3 atom stereocenters. The Morgan fingerprint density at radius 1 is 1.00 bits per heavy atom. The van der Waals surface area contributed by atoms with Crippen LogP contribution in [0, 0.1) is 17.8 Å². The van der Waals surface area contributed by atoms with Crippen LogP contribution in [-0.2, 0) is 14.3 Å². The number of carbonyl (C=O) groups excluding carboxylic acids is 2. The van der Waals surface area contributed by atoms with Gasteiger partial charge in [0, 0.05) is 6.07 Å². The molecule has 0 saturated heterocycles. The smallest absolute Gasteiger partial charge is 0.411 e. The van der Waals surface area contributed by atoms with Gasteiger partial charge in [-0.2, -0.15) is 0 Å². The third-order valence-electron chi connectivity index (χ3n) is 6.50. The Hall–Kier alpha value is -3.59. The minimum atomic E-state index is -1.03. The fourth-order valence-corrected chi connectivity index (χ4v) is 4.55. The van der Waals surface area contributed by atoms with E-state index in [1.54, 1.807) is 25.1 Å². The lowest BCUT2D eigenvalue weighted by atomic mass is 9.75. The zero-order valence-corrected chi connectivity index (χ0v) is 21.8. The average Bonchev–Trinajstić information content (AvgIpc) is 2.84. The molecule has 0 aliphatic heterocycles. The minimum absolute atomic E-state index is 0.0232. The number of anilines is 2. The molecule has 0 heterocycles. The number of nitrogens with one attached hydrogen (secondary N) is 2. The quantitative estimate of drug-likeness (QED) is 0.348. The summed E-state index contributed by atoms with van der Waals surface area (Å²) in [6.45, 7) is 8.37. The van der Waals surface area contributed by atoms with E-state index in [9.17, 15) is 14.4 Å². The number of carbonyl (C=O) groups is 3. The number of hydrogen-bond donors (Lipinski definition) is 3. The molecule has 2 amide bonds. The predicted octanol–water partition coefficient (Wildman–Crippen LogP) is 6.16. The number of aromatic carboxylic acids is 1. The Labute approximate surface area is 217 Å². The molecule has 0 aromatic heterocycles. The zero-order chi connectivity index (χ0) is 26.9. The van der Waals surface area contributed by atoms with Gasteiger partial charge in [0.15, 0.2) is 0 Å². The highest BCUT2D eigenvalue weighted by molar-refractivity contribution is 5.98. The second-order valence-electron chi connectivity index (χ2n) is 9.71. The maximum atomic E-state index is 12.9. The van der Waals surface area contributed by atoms with Gasteiger partial charge in [-0.25, -0.2) is 9.59 Å². The van der Waals surface area contributed by atoms with Crippen LogP contribution >= 0.6 is 0 Å². The first-order valence-corrected chi connectivity index (χ1v) is 12.7. The van der Waals surface area contributed by atoms with E-state index in [-0.39, 0.29) is 30.8 Å². The largest absolute Gasteiger partial charge is 0.478 e. The second-order valence-corrected chi connectivity index (χ2v) is 9.71. The van der Waals surface area contributed by atoms with Crippen LogP contribution in [0.4, 0.5) is 16.2 Å². The molecule has 9 heteroatoms. The SMILES string of the molecule is CCOC(=O)Nc1ccc(Oc2ccc(C(=O)O)cc2)cc1NC(=O)COC1CC(C)CCC1C(C)C. The monoisotopic (exact) mass is 512 g/mol. The normalized spacial score (nSPS) is 19.2. The van der Waals surface area contributed by atoms with E-state index in [4.69, 9.17) is 19.3 Å². The summed E-state index contributed by atoms with van der Waals surface area (Å²) >= 11 is 0. The van der Waals surface area contributed by atoms with E-state index in [0.717, 1.165) is 12.8 Å². The maximum absolute atomic E-state index is 12.9. The Bertz CT molecular complexity index is 1080. The molecule has 3 N–H and O–H groups in total. The minimum Gasteiger partial charge on any atom is -0.478 e. The van der Waals surface area contributed by atoms with Crippen LogP contribution in [0.1, 0.15) is 57.3 Å². The number of carboxylic acid groups (broad SMARTS) is 1. The fourth-order valence-electron chi connectivity index (χ4n) is 4.55.